The van der Waals surface area contributed by atoms with E-state index in [1.807, 2.05) is 45.0 Å². The number of hydrogen-bond acceptors (Lipinski definition) is 3. The average Bonchev–Trinajstić information content (AvgIpc) is 2.38. The van der Waals surface area contributed by atoms with Gasteiger partial charge < -0.3 is 4.74 Å². The van der Waals surface area contributed by atoms with Crippen LogP contribution in [0, 0.1) is 0 Å². The number of allylic oxidation sites excluding steroid dienone is 1. The van der Waals surface area contributed by atoms with Crippen LogP contribution in [0.3, 0.4) is 0 Å². The smallest absolute Gasteiger partial charge is 0.118 e. The zero-order chi connectivity index (χ0) is 13.3. The van der Waals surface area contributed by atoms with Gasteiger partial charge in [0.2, 0.25) is 0 Å². The summed E-state index contributed by atoms with van der Waals surface area (Å²) in [4.78, 5) is 0. The molecular formula is C14H22N2O. The normalized spacial score (nSPS) is 8.71. The molecular weight excluding hydrogens is 212 g/mol. The molecule has 0 aliphatic rings. The molecule has 1 rings (SSSR count). The minimum atomic E-state index is 0.683. The average molecular weight is 234 g/mol. The summed E-state index contributed by atoms with van der Waals surface area (Å²) in [6.07, 6.45) is 0. The Labute approximate surface area is 104 Å². The molecule has 0 aliphatic heterocycles. The molecule has 17 heavy (non-hydrogen) atoms. The summed E-state index contributed by atoms with van der Waals surface area (Å²) in [6, 6.07) is 7.85. The lowest BCUT2D eigenvalue weighted by Gasteiger charge is -2.18. The maximum absolute atomic E-state index is 5.08. The minimum absolute atomic E-state index is 0.683. The van der Waals surface area contributed by atoms with Crippen molar-refractivity contribution in [2.75, 3.05) is 7.11 Å². The van der Waals surface area contributed by atoms with Gasteiger partial charge in [-0.1, -0.05) is 32.6 Å². The van der Waals surface area contributed by atoms with Gasteiger partial charge in [0.15, 0.2) is 0 Å². The summed E-state index contributed by atoms with van der Waals surface area (Å²) in [5.74, 6) is 0.854. The maximum atomic E-state index is 5.08. The van der Waals surface area contributed by atoms with Crippen molar-refractivity contribution in [1.29, 1.82) is 0 Å². The Morgan fingerprint density at radius 3 is 2.18 bits per heavy atom. The maximum Gasteiger partial charge on any atom is 0.118 e. The number of hydrazone groups is 1. The van der Waals surface area contributed by atoms with E-state index in [-0.39, 0.29) is 0 Å². The summed E-state index contributed by atoms with van der Waals surface area (Å²) in [7, 11) is 1.65. The zero-order valence-electron chi connectivity index (χ0n) is 11.2. The summed E-state index contributed by atoms with van der Waals surface area (Å²) in [6.45, 7) is 13.9. The van der Waals surface area contributed by atoms with E-state index in [0.717, 1.165) is 17.0 Å². The van der Waals surface area contributed by atoms with E-state index in [0.29, 0.717) is 6.54 Å². The Morgan fingerprint density at radius 1 is 1.29 bits per heavy atom. The molecule has 0 saturated carbocycles. The first-order valence-electron chi connectivity index (χ1n) is 5.70. The van der Waals surface area contributed by atoms with Crippen molar-refractivity contribution in [3.8, 4) is 5.75 Å². The van der Waals surface area contributed by atoms with Gasteiger partial charge in [0.25, 0.3) is 0 Å². The Bertz CT molecular complexity index is 344. The highest BCUT2D eigenvalue weighted by Gasteiger charge is 2.02. The number of nitrogens with zero attached hydrogens (tertiary/aromatic N) is 2. The van der Waals surface area contributed by atoms with Gasteiger partial charge in [-0.2, -0.15) is 5.10 Å². The Kier molecular flexibility index (Phi) is 7.52. The molecule has 0 N–H and O–H groups in total. The van der Waals surface area contributed by atoms with Gasteiger partial charge in [-0.05, 0) is 24.6 Å². The van der Waals surface area contributed by atoms with Crippen LogP contribution in [0.1, 0.15) is 26.3 Å². The lowest BCUT2D eigenvalue weighted by molar-refractivity contribution is 0.362. The van der Waals surface area contributed by atoms with E-state index in [1.54, 1.807) is 12.1 Å². The fourth-order valence-electron chi connectivity index (χ4n) is 1.21. The van der Waals surface area contributed by atoms with Crippen molar-refractivity contribution in [3.63, 3.8) is 0 Å². The Hall–Kier alpha value is -1.77. The van der Waals surface area contributed by atoms with E-state index in [4.69, 9.17) is 4.74 Å². The summed E-state index contributed by atoms with van der Waals surface area (Å²) < 4.78 is 5.08. The molecule has 0 fully saturated rings. The summed E-state index contributed by atoms with van der Waals surface area (Å²) >= 11 is 0. The molecule has 0 saturated heterocycles. The second kappa shape index (κ2) is 8.39. The number of rotatable bonds is 5. The molecule has 0 unspecified atom stereocenters. The fourth-order valence-corrected chi connectivity index (χ4v) is 1.21. The number of benzene rings is 1. The highest BCUT2D eigenvalue weighted by atomic mass is 16.5. The molecule has 3 heteroatoms. The topological polar surface area (TPSA) is 24.8 Å². The first-order valence-corrected chi connectivity index (χ1v) is 5.70. The third-order valence-corrected chi connectivity index (χ3v) is 2.10. The largest absolute Gasteiger partial charge is 0.497 e. The van der Waals surface area contributed by atoms with Crippen molar-refractivity contribution < 1.29 is 4.74 Å². The van der Waals surface area contributed by atoms with Crippen LogP contribution >= 0.6 is 0 Å². The van der Waals surface area contributed by atoms with Crippen LogP contribution < -0.4 is 4.74 Å². The first kappa shape index (κ1) is 15.2. The van der Waals surface area contributed by atoms with Crippen LogP contribution in [-0.4, -0.2) is 18.8 Å². The van der Waals surface area contributed by atoms with Crippen molar-refractivity contribution >= 4 is 6.72 Å². The highest BCUT2D eigenvalue weighted by Crippen LogP contribution is 2.14. The third kappa shape index (κ3) is 5.20. The molecule has 0 radical (unpaired) electrons. The lowest BCUT2D eigenvalue weighted by Crippen LogP contribution is -2.13. The van der Waals surface area contributed by atoms with Crippen LogP contribution in [0.4, 0.5) is 0 Å². The first-order chi connectivity index (χ1) is 8.17. The van der Waals surface area contributed by atoms with Crippen LogP contribution in [0.25, 0.3) is 0 Å². The molecule has 0 aromatic heterocycles. The van der Waals surface area contributed by atoms with Gasteiger partial charge in [0, 0.05) is 12.4 Å². The van der Waals surface area contributed by atoms with Crippen molar-refractivity contribution in [2.24, 2.45) is 5.10 Å². The molecule has 0 spiro atoms. The van der Waals surface area contributed by atoms with Gasteiger partial charge in [-0.3, -0.25) is 5.01 Å². The van der Waals surface area contributed by atoms with Crippen molar-refractivity contribution in [2.45, 2.75) is 27.3 Å². The molecule has 0 bridgehead atoms. The minimum Gasteiger partial charge on any atom is -0.497 e. The van der Waals surface area contributed by atoms with E-state index < -0.39 is 0 Å². The Morgan fingerprint density at radius 2 is 1.82 bits per heavy atom. The molecule has 94 valence electrons. The van der Waals surface area contributed by atoms with Crippen LogP contribution in [-0.2, 0) is 6.54 Å². The standard InChI is InChI=1S/C12H16N2O.C2H6/c1-10(2)14(13-3)9-11-5-7-12(15-4)8-6-11;1-2/h5-8H,1,3,9H2,2,4H3;1-2H3. The molecule has 0 heterocycles. The van der Waals surface area contributed by atoms with Crippen molar-refractivity contribution in [1.82, 2.24) is 5.01 Å². The van der Waals surface area contributed by atoms with Gasteiger partial charge >= 0.3 is 0 Å². The second-order valence-electron chi connectivity index (χ2n) is 3.28. The van der Waals surface area contributed by atoms with Gasteiger partial charge in [-0.25, -0.2) is 0 Å². The number of hydrogen-bond donors (Lipinski definition) is 0. The van der Waals surface area contributed by atoms with Crippen LogP contribution in [0.2, 0.25) is 0 Å². The quantitative estimate of drug-likeness (QED) is 0.573. The molecule has 0 amide bonds. The highest BCUT2D eigenvalue weighted by molar-refractivity contribution is 5.28. The number of methoxy groups -OCH3 is 1. The monoisotopic (exact) mass is 234 g/mol. The molecule has 1 aromatic rings. The molecule has 0 aliphatic carbocycles. The van der Waals surface area contributed by atoms with E-state index in [9.17, 15) is 0 Å². The van der Waals surface area contributed by atoms with Gasteiger partial charge in [0.1, 0.15) is 5.75 Å². The van der Waals surface area contributed by atoms with Crippen LogP contribution in [0.15, 0.2) is 41.6 Å². The summed E-state index contributed by atoms with van der Waals surface area (Å²) in [5, 5.41) is 5.63. The third-order valence-electron chi connectivity index (χ3n) is 2.10. The molecule has 1 aromatic carbocycles. The number of ether oxygens (including phenoxy) is 1. The lowest BCUT2D eigenvalue weighted by atomic mass is 10.2. The Balaban J connectivity index is 0.00000121. The molecule has 3 nitrogen and oxygen atoms in total. The van der Waals surface area contributed by atoms with E-state index in [2.05, 4.69) is 18.4 Å². The summed E-state index contributed by atoms with van der Waals surface area (Å²) in [5.41, 5.74) is 2.02. The fraction of sp³-hybridized carbons (Fsp3) is 0.357. The predicted octanol–water partition coefficient (Wildman–Crippen LogP) is 3.67. The molecule has 0 atom stereocenters. The second-order valence-corrected chi connectivity index (χ2v) is 3.28. The van der Waals surface area contributed by atoms with Gasteiger partial charge in [0.05, 0.1) is 13.7 Å². The SMILES string of the molecule is C=NN(Cc1ccc(OC)cc1)C(=C)C.CC. The zero-order valence-corrected chi connectivity index (χ0v) is 11.2. The van der Waals surface area contributed by atoms with Gasteiger partial charge in [-0.15, -0.1) is 0 Å². The predicted molar refractivity (Wildman–Crippen MR) is 74.2 cm³/mol. The van der Waals surface area contributed by atoms with Crippen LogP contribution in [0.5, 0.6) is 5.75 Å². The van der Waals surface area contributed by atoms with E-state index >= 15 is 0 Å². The van der Waals surface area contributed by atoms with E-state index in [1.165, 1.54) is 0 Å². The van der Waals surface area contributed by atoms with Crippen molar-refractivity contribution in [3.05, 3.63) is 42.1 Å².